The summed E-state index contributed by atoms with van der Waals surface area (Å²) in [5.41, 5.74) is 8.86. The van der Waals surface area contributed by atoms with Crippen molar-refractivity contribution in [3.05, 3.63) is 50.4 Å². The van der Waals surface area contributed by atoms with Crippen molar-refractivity contribution < 1.29 is 9.72 Å². The van der Waals surface area contributed by atoms with Crippen molar-refractivity contribution >= 4 is 12.0 Å². The minimum atomic E-state index is -0.772. The molecule has 0 aliphatic rings. The number of aldehydes is 1. The molecule has 0 saturated carbocycles. The number of carbonyl (C=O) groups is 1. The monoisotopic (exact) mass is 220 g/mol. The van der Waals surface area contributed by atoms with Gasteiger partial charge in [-0.25, -0.2) is 0 Å². The van der Waals surface area contributed by atoms with Crippen molar-refractivity contribution in [3.63, 3.8) is 0 Å². The van der Waals surface area contributed by atoms with Gasteiger partial charge in [0.15, 0.2) is 0 Å². The zero-order valence-corrected chi connectivity index (χ0v) is 8.18. The first-order valence-corrected chi connectivity index (χ1v) is 4.40. The highest BCUT2D eigenvalue weighted by molar-refractivity contribution is 5.58. The molecular weight excluding hydrogens is 212 g/mol. The molecule has 0 aliphatic carbocycles. The van der Waals surface area contributed by atoms with Gasteiger partial charge in [-0.1, -0.05) is 17.2 Å². The fourth-order valence-electron chi connectivity index (χ4n) is 1.18. The average molecular weight is 220 g/mol. The molecule has 0 amide bonds. The highest BCUT2D eigenvalue weighted by Crippen LogP contribution is 2.13. The fraction of sp³-hybridized carbons (Fsp3) is 0.222. The van der Waals surface area contributed by atoms with Crippen LogP contribution in [0.15, 0.2) is 29.4 Å². The Labute approximate surface area is 90.5 Å². The molecule has 1 atom stereocenters. The van der Waals surface area contributed by atoms with Crippen molar-refractivity contribution in [2.75, 3.05) is 0 Å². The number of nitro benzene ring substituents is 1. The lowest BCUT2D eigenvalue weighted by Gasteiger charge is -2.02. The van der Waals surface area contributed by atoms with Gasteiger partial charge in [0, 0.05) is 17.0 Å². The van der Waals surface area contributed by atoms with Crippen molar-refractivity contribution in [1.82, 2.24) is 0 Å². The quantitative estimate of drug-likeness (QED) is 0.189. The van der Waals surface area contributed by atoms with Crippen molar-refractivity contribution in [2.24, 2.45) is 5.11 Å². The molecule has 1 aromatic carbocycles. The number of hydrogen-bond acceptors (Lipinski definition) is 4. The largest absolute Gasteiger partial charge is 0.303 e. The molecule has 0 aromatic heterocycles. The van der Waals surface area contributed by atoms with E-state index in [9.17, 15) is 14.9 Å². The summed E-state index contributed by atoms with van der Waals surface area (Å²) in [6.45, 7) is 0. The van der Waals surface area contributed by atoms with Gasteiger partial charge in [-0.2, -0.15) is 0 Å². The van der Waals surface area contributed by atoms with Gasteiger partial charge in [0.25, 0.3) is 5.69 Å². The Kier molecular flexibility index (Phi) is 3.99. The predicted molar refractivity (Wildman–Crippen MR) is 55.8 cm³/mol. The third-order valence-electron chi connectivity index (χ3n) is 1.95. The van der Waals surface area contributed by atoms with Crippen LogP contribution in [0.1, 0.15) is 5.56 Å². The van der Waals surface area contributed by atoms with E-state index in [4.69, 9.17) is 5.53 Å². The lowest BCUT2D eigenvalue weighted by molar-refractivity contribution is -0.384. The Balaban J connectivity index is 2.78. The number of azide groups is 1. The summed E-state index contributed by atoms with van der Waals surface area (Å²) in [7, 11) is 0. The first kappa shape index (κ1) is 11.7. The fourth-order valence-corrected chi connectivity index (χ4v) is 1.18. The van der Waals surface area contributed by atoms with E-state index in [1.165, 1.54) is 24.3 Å². The third-order valence-corrected chi connectivity index (χ3v) is 1.95. The Hall–Kier alpha value is -2.40. The summed E-state index contributed by atoms with van der Waals surface area (Å²) in [6.07, 6.45) is 0.784. The summed E-state index contributed by atoms with van der Waals surface area (Å²) >= 11 is 0. The first-order valence-electron chi connectivity index (χ1n) is 4.40. The number of benzene rings is 1. The molecule has 1 unspecified atom stereocenters. The number of non-ortho nitro benzene ring substituents is 1. The maximum Gasteiger partial charge on any atom is 0.269 e. The van der Waals surface area contributed by atoms with Crippen LogP contribution in [0.3, 0.4) is 0 Å². The molecule has 0 fully saturated rings. The minimum Gasteiger partial charge on any atom is -0.303 e. The summed E-state index contributed by atoms with van der Waals surface area (Å²) < 4.78 is 0. The molecule has 0 N–H and O–H groups in total. The van der Waals surface area contributed by atoms with Crippen LogP contribution in [0.4, 0.5) is 5.69 Å². The molecule has 0 aliphatic heterocycles. The summed E-state index contributed by atoms with van der Waals surface area (Å²) in [5, 5.41) is 13.6. The van der Waals surface area contributed by atoms with E-state index in [2.05, 4.69) is 10.0 Å². The molecule has 82 valence electrons. The molecule has 0 spiro atoms. The highest BCUT2D eigenvalue weighted by atomic mass is 16.6. The molecule has 16 heavy (non-hydrogen) atoms. The summed E-state index contributed by atoms with van der Waals surface area (Å²) in [6, 6.07) is 4.97. The van der Waals surface area contributed by atoms with Gasteiger partial charge in [0.2, 0.25) is 0 Å². The SMILES string of the molecule is [N-]=[N+]=NC(C=O)Cc1ccc([N+](=O)[O-])cc1. The predicted octanol–water partition coefficient (Wildman–Crippen LogP) is 2.02. The van der Waals surface area contributed by atoms with Crippen LogP contribution >= 0.6 is 0 Å². The second-order valence-corrected chi connectivity index (χ2v) is 3.04. The highest BCUT2D eigenvalue weighted by Gasteiger charge is 2.08. The van der Waals surface area contributed by atoms with Crippen LogP contribution in [0.5, 0.6) is 0 Å². The Morgan fingerprint density at radius 1 is 1.50 bits per heavy atom. The molecule has 7 nitrogen and oxygen atoms in total. The number of carbonyl (C=O) groups excluding carboxylic acids is 1. The second-order valence-electron chi connectivity index (χ2n) is 3.04. The van der Waals surface area contributed by atoms with Crippen molar-refractivity contribution in [3.8, 4) is 0 Å². The lowest BCUT2D eigenvalue weighted by Crippen LogP contribution is -2.08. The van der Waals surface area contributed by atoms with Gasteiger partial charge in [-0.3, -0.25) is 10.1 Å². The van der Waals surface area contributed by atoms with E-state index in [0.717, 1.165) is 0 Å². The van der Waals surface area contributed by atoms with Gasteiger partial charge < -0.3 is 4.79 Å². The van der Waals surface area contributed by atoms with E-state index in [-0.39, 0.29) is 12.1 Å². The van der Waals surface area contributed by atoms with Crippen LogP contribution in [0, 0.1) is 10.1 Å². The number of hydrogen-bond donors (Lipinski definition) is 0. The van der Waals surface area contributed by atoms with Gasteiger partial charge >= 0.3 is 0 Å². The number of nitrogens with zero attached hydrogens (tertiary/aromatic N) is 4. The van der Waals surface area contributed by atoms with Crippen molar-refractivity contribution in [1.29, 1.82) is 0 Å². The second kappa shape index (κ2) is 5.47. The Morgan fingerprint density at radius 3 is 2.56 bits per heavy atom. The third kappa shape index (κ3) is 3.07. The van der Waals surface area contributed by atoms with Crippen LogP contribution < -0.4 is 0 Å². The molecular formula is C9H8N4O3. The topological polar surface area (TPSA) is 109 Å². The maximum atomic E-state index is 10.5. The van der Waals surface area contributed by atoms with Gasteiger partial charge in [-0.05, 0) is 17.5 Å². The van der Waals surface area contributed by atoms with E-state index in [1.807, 2.05) is 0 Å². The first-order chi connectivity index (χ1) is 7.67. The van der Waals surface area contributed by atoms with E-state index < -0.39 is 11.0 Å². The van der Waals surface area contributed by atoms with E-state index in [1.54, 1.807) is 0 Å². The lowest BCUT2D eigenvalue weighted by atomic mass is 10.1. The summed E-state index contributed by atoms with van der Waals surface area (Å²) in [4.78, 5) is 22.9. The summed E-state index contributed by atoms with van der Waals surface area (Å²) in [5.74, 6) is 0. The normalized spacial score (nSPS) is 11.2. The molecule has 0 bridgehead atoms. The average Bonchev–Trinajstić information content (AvgIpc) is 2.29. The van der Waals surface area contributed by atoms with E-state index >= 15 is 0 Å². The molecule has 7 heteroatoms. The maximum absolute atomic E-state index is 10.5. The molecule has 0 radical (unpaired) electrons. The Bertz CT molecular complexity index is 437. The smallest absolute Gasteiger partial charge is 0.269 e. The Morgan fingerprint density at radius 2 is 2.12 bits per heavy atom. The number of nitro groups is 1. The van der Waals surface area contributed by atoms with E-state index in [0.29, 0.717) is 11.8 Å². The minimum absolute atomic E-state index is 0.0183. The zero-order valence-electron chi connectivity index (χ0n) is 8.18. The molecule has 0 saturated heterocycles. The van der Waals surface area contributed by atoms with Crippen molar-refractivity contribution in [2.45, 2.75) is 12.5 Å². The van der Waals surface area contributed by atoms with Gasteiger partial charge in [-0.15, -0.1) is 0 Å². The van der Waals surface area contributed by atoms with Crippen LogP contribution in [-0.4, -0.2) is 17.3 Å². The van der Waals surface area contributed by atoms with Crippen LogP contribution in [0.25, 0.3) is 10.4 Å². The molecule has 0 heterocycles. The zero-order chi connectivity index (χ0) is 12.0. The molecule has 1 aromatic rings. The van der Waals surface area contributed by atoms with Gasteiger partial charge in [0.05, 0.1) is 11.0 Å². The number of rotatable bonds is 5. The molecule has 1 rings (SSSR count). The standard InChI is InChI=1S/C9H8N4O3/c10-12-11-8(6-14)5-7-1-3-9(4-2-7)13(15)16/h1-4,6,8H,5H2. The van der Waals surface area contributed by atoms with Crippen LogP contribution in [0.2, 0.25) is 0 Å². The van der Waals surface area contributed by atoms with Gasteiger partial charge in [0.1, 0.15) is 6.29 Å². The van der Waals surface area contributed by atoms with Crippen LogP contribution in [-0.2, 0) is 11.2 Å².